The lowest BCUT2D eigenvalue weighted by molar-refractivity contribution is 0.476. The Labute approximate surface area is 211 Å². The van der Waals surface area contributed by atoms with Crippen LogP contribution < -0.4 is 0 Å². The molecule has 0 radical (unpaired) electrons. The van der Waals surface area contributed by atoms with Gasteiger partial charge in [0.2, 0.25) is 0 Å². The topological polar surface area (TPSA) is 40.5 Å². The van der Waals surface area contributed by atoms with Crippen LogP contribution in [0, 0.1) is 0 Å². The summed E-state index contributed by atoms with van der Waals surface area (Å²) in [5.41, 5.74) is 7.52. The molecular formula is C34H26O2. The van der Waals surface area contributed by atoms with Crippen LogP contribution in [0.15, 0.2) is 127 Å². The Hall–Kier alpha value is -4.56. The van der Waals surface area contributed by atoms with Crippen molar-refractivity contribution < 1.29 is 10.2 Å². The third-order valence-corrected chi connectivity index (χ3v) is 7.27. The molecule has 0 aromatic heterocycles. The Balaban J connectivity index is 1.66. The van der Waals surface area contributed by atoms with Gasteiger partial charge in [0.15, 0.2) is 0 Å². The van der Waals surface area contributed by atoms with Crippen molar-refractivity contribution in [2.24, 2.45) is 0 Å². The molecule has 0 spiro atoms. The number of hydrogen-bond acceptors (Lipinski definition) is 2. The molecule has 2 N–H and O–H groups in total. The zero-order valence-electron chi connectivity index (χ0n) is 20.0. The first kappa shape index (κ1) is 21.9. The smallest absolute Gasteiger partial charge is 0.122 e. The van der Waals surface area contributed by atoms with Gasteiger partial charge in [-0.05, 0) is 75.4 Å². The molecule has 0 fully saturated rings. The van der Waals surface area contributed by atoms with Crippen molar-refractivity contribution in [2.45, 2.75) is 12.3 Å². The number of phenolic OH excluding ortho intramolecular Hbond substituents is 1. The van der Waals surface area contributed by atoms with E-state index in [1.54, 1.807) is 18.2 Å². The third-order valence-electron chi connectivity index (χ3n) is 7.27. The Kier molecular flexibility index (Phi) is 5.23. The number of hydrogen-bond donors (Lipinski definition) is 2. The van der Waals surface area contributed by atoms with E-state index in [2.05, 4.69) is 78.9 Å². The molecule has 0 bridgehead atoms. The van der Waals surface area contributed by atoms with Crippen LogP contribution in [0.1, 0.15) is 34.7 Å². The molecule has 2 heteroatoms. The SMILES string of the molecule is C/C=C\C=C(\O)c1ccc(C2(c3ccc4cc(O)ccc4c3)c3ccccc3-c3ccccc32)cc1. The van der Waals surface area contributed by atoms with Gasteiger partial charge in [-0.3, -0.25) is 0 Å². The molecule has 0 aliphatic heterocycles. The molecule has 5 aromatic rings. The van der Waals surface area contributed by atoms with Crippen LogP contribution in [0.3, 0.4) is 0 Å². The third kappa shape index (κ3) is 3.26. The number of rotatable bonds is 4. The van der Waals surface area contributed by atoms with E-state index >= 15 is 0 Å². The van der Waals surface area contributed by atoms with Crippen LogP contribution in [0.5, 0.6) is 5.75 Å². The predicted octanol–water partition coefficient (Wildman–Crippen LogP) is 8.38. The second kappa shape index (κ2) is 8.58. The molecule has 0 heterocycles. The first-order chi connectivity index (χ1) is 17.6. The quantitative estimate of drug-likeness (QED) is 0.202. The summed E-state index contributed by atoms with van der Waals surface area (Å²) in [6.45, 7) is 1.93. The van der Waals surface area contributed by atoms with Crippen LogP contribution in [0.4, 0.5) is 0 Å². The zero-order valence-corrected chi connectivity index (χ0v) is 20.0. The molecule has 0 saturated carbocycles. The number of allylic oxidation sites excluding steroid dienone is 3. The molecule has 0 atom stereocenters. The summed E-state index contributed by atoms with van der Waals surface area (Å²) < 4.78 is 0. The monoisotopic (exact) mass is 466 g/mol. The first-order valence-corrected chi connectivity index (χ1v) is 12.2. The van der Waals surface area contributed by atoms with E-state index in [4.69, 9.17) is 0 Å². The molecular weight excluding hydrogens is 440 g/mol. The molecule has 1 aliphatic carbocycles. The summed E-state index contributed by atoms with van der Waals surface area (Å²) in [5, 5.41) is 22.6. The molecule has 36 heavy (non-hydrogen) atoms. The first-order valence-electron chi connectivity index (χ1n) is 12.2. The van der Waals surface area contributed by atoms with E-state index in [1.165, 1.54) is 27.8 Å². The standard InChI is InChI=1S/C34H26O2/c1-2-3-12-33(36)23-13-17-26(18-14-23)34(27-19-15-25-22-28(35)20-16-24(25)21-27)31-10-6-4-8-29(31)30-9-5-7-11-32(30)34/h2-22,35-36H,1H3/b3-2-,33-12+. The molecule has 6 rings (SSSR count). The summed E-state index contributed by atoms with van der Waals surface area (Å²) in [6.07, 6.45) is 5.44. The van der Waals surface area contributed by atoms with Crippen molar-refractivity contribution in [3.63, 3.8) is 0 Å². The molecule has 0 saturated heterocycles. The van der Waals surface area contributed by atoms with Gasteiger partial charge in [0, 0.05) is 5.56 Å². The van der Waals surface area contributed by atoms with Crippen molar-refractivity contribution in [3.05, 3.63) is 155 Å². The largest absolute Gasteiger partial charge is 0.508 e. The van der Waals surface area contributed by atoms with E-state index < -0.39 is 5.41 Å². The Morgan fingerprint density at radius 3 is 1.92 bits per heavy atom. The molecule has 174 valence electrons. The number of aromatic hydroxyl groups is 1. The van der Waals surface area contributed by atoms with Gasteiger partial charge in [-0.1, -0.05) is 103 Å². The second-order valence-corrected chi connectivity index (χ2v) is 9.24. The van der Waals surface area contributed by atoms with Crippen molar-refractivity contribution in [3.8, 4) is 16.9 Å². The van der Waals surface area contributed by atoms with E-state index in [0.717, 1.165) is 21.9 Å². The number of fused-ring (bicyclic) bond motifs is 4. The number of benzene rings is 5. The van der Waals surface area contributed by atoms with Crippen LogP contribution in [-0.2, 0) is 5.41 Å². The molecule has 0 unspecified atom stereocenters. The van der Waals surface area contributed by atoms with Gasteiger partial charge in [-0.15, -0.1) is 0 Å². The molecule has 2 nitrogen and oxygen atoms in total. The highest BCUT2D eigenvalue weighted by molar-refractivity contribution is 5.90. The van der Waals surface area contributed by atoms with Gasteiger partial charge >= 0.3 is 0 Å². The van der Waals surface area contributed by atoms with Gasteiger partial charge in [0.05, 0.1) is 5.41 Å². The van der Waals surface area contributed by atoms with Gasteiger partial charge in [-0.25, -0.2) is 0 Å². The Bertz CT molecular complexity index is 1610. The van der Waals surface area contributed by atoms with E-state index in [-0.39, 0.29) is 11.5 Å². The lowest BCUT2D eigenvalue weighted by atomic mass is 9.67. The maximum atomic E-state index is 10.5. The summed E-state index contributed by atoms with van der Waals surface area (Å²) in [5.74, 6) is 0.509. The Morgan fingerprint density at radius 2 is 1.25 bits per heavy atom. The van der Waals surface area contributed by atoms with Crippen LogP contribution in [-0.4, -0.2) is 10.2 Å². The lowest BCUT2D eigenvalue weighted by Gasteiger charge is -2.34. The van der Waals surface area contributed by atoms with Gasteiger partial charge in [0.25, 0.3) is 0 Å². The minimum atomic E-state index is -0.513. The minimum absolute atomic E-state index is 0.242. The van der Waals surface area contributed by atoms with Gasteiger partial charge < -0.3 is 10.2 Å². The fourth-order valence-electron chi connectivity index (χ4n) is 5.66. The lowest BCUT2D eigenvalue weighted by Crippen LogP contribution is -2.28. The minimum Gasteiger partial charge on any atom is -0.508 e. The number of aliphatic hydroxyl groups is 1. The van der Waals surface area contributed by atoms with Crippen molar-refractivity contribution in [1.29, 1.82) is 0 Å². The van der Waals surface area contributed by atoms with Crippen LogP contribution in [0.2, 0.25) is 0 Å². The van der Waals surface area contributed by atoms with Crippen LogP contribution >= 0.6 is 0 Å². The molecule has 0 amide bonds. The zero-order chi connectivity index (χ0) is 24.7. The predicted molar refractivity (Wildman–Crippen MR) is 148 cm³/mol. The average molecular weight is 467 g/mol. The maximum Gasteiger partial charge on any atom is 0.122 e. The second-order valence-electron chi connectivity index (χ2n) is 9.24. The molecule has 1 aliphatic rings. The van der Waals surface area contributed by atoms with Gasteiger partial charge in [-0.2, -0.15) is 0 Å². The maximum absolute atomic E-state index is 10.5. The fourth-order valence-corrected chi connectivity index (χ4v) is 5.66. The van der Waals surface area contributed by atoms with E-state index in [0.29, 0.717) is 0 Å². The van der Waals surface area contributed by atoms with Crippen LogP contribution in [0.25, 0.3) is 27.7 Å². The Morgan fingerprint density at radius 1 is 0.667 bits per heavy atom. The summed E-state index contributed by atoms with van der Waals surface area (Å²) in [6, 6.07) is 37.6. The summed E-state index contributed by atoms with van der Waals surface area (Å²) >= 11 is 0. The highest BCUT2D eigenvalue weighted by Crippen LogP contribution is 2.56. The van der Waals surface area contributed by atoms with E-state index in [1.807, 2.05) is 37.3 Å². The van der Waals surface area contributed by atoms with Crippen molar-refractivity contribution >= 4 is 16.5 Å². The average Bonchev–Trinajstić information content (AvgIpc) is 3.23. The van der Waals surface area contributed by atoms with E-state index in [9.17, 15) is 10.2 Å². The van der Waals surface area contributed by atoms with Gasteiger partial charge in [0.1, 0.15) is 11.5 Å². The van der Waals surface area contributed by atoms with Crippen molar-refractivity contribution in [1.82, 2.24) is 0 Å². The highest BCUT2D eigenvalue weighted by atomic mass is 16.3. The molecule has 5 aromatic carbocycles. The number of aliphatic hydroxyl groups excluding tert-OH is 1. The normalized spacial score (nSPS) is 14.2. The number of phenols is 1. The summed E-state index contributed by atoms with van der Waals surface area (Å²) in [4.78, 5) is 0. The van der Waals surface area contributed by atoms with Crippen molar-refractivity contribution in [2.75, 3.05) is 0 Å². The summed E-state index contributed by atoms with van der Waals surface area (Å²) in [7, 11) is 0. The fraction of sp³-hybridized carbons (Fsp3) is 0.0588. The highest BCUT2D eigenvalue weighted by Gasteiger charge is 2.45.